The van der Waals surface area contributed by atoms with E-state index in [1.165, 1.54) is 6.07 Å². The van der Waals surface area contributed by atoms with Crippen molar-refractivity contribution in [3.63, 3.8) is 0 Å². The molecular formula is C18H18FN3O3. The molecule has 3 amide bonds. The first-order valence-electron chi connectivity index (χ1n) is 8.27. The first-order chi connectivity index (χ1) is 11.9. The number of fused-ring (bicyclic) bond motifs is 1. The molecule has 3 heterocycles. The van der Waals surface area contributed by atoms with Crippen molar-refractivity contribution in [3.05, 3.63) is 35.3 Å². The number of para-hydroxylation sites is 1. The van der Waals surface area contributed by atoms with E-state index in [9.17, 15) is 18.8 Å². The predicted octanol–water partition coefficient (Wildman–Crippen LogP) is 1.42. The summed E-state index contributed by atoms with van der Waals surface area (Å²) in [6.45, 7) is 2.53. The summed E-state index contributed by atoms with van der Waals surface area (Å²) < 4.78 is 13.9. The Labute approximate surface area is 143 Å². The van der Waals surface area contributed by atoms with Crippen LogP contribution in [-0.2, 0) is 20.8 Å². The highest BCUT2D eigenvalue weighted by atomic mass is 19.1. The Morgan fingerprint density at radius 3 is 2.88 bits per heavy atom. The number of halogens is 1. The van der Waals surface area contributed by atoms with Crippen LogP contribution in [0.4, 0.5) is 4.39 Å². The maximum absolute atomic E-state index is 13.9. The minimum Gasteiger partial charge on any atom is -0.356 e. The molecule has 0 saturated carbocycles. The summed E-state index contributed by atoms with van der Waals surface area (Å²) in [7, 11) is 0. The summed E-state index contributed by atoms with van der Waals surface area (Å²) in [6.07, 6.45) is 0.783. The van der Waals surface area contributed by atoms with Crippen molar-refractivity contribution in [1.29, 1.82) is 0 Å². The van der Waals surface area contributed by atoms with Crippen LogP contribution in [0, 0.1) is 18.2 Å². The molecule has 1 aromatic carbocycles. The third kappa shape index (κ3) is 2.42. The van der Waals surface area contributed by atoms with Crippen LogP contribution in [0.5, 0.6) is 0 Å². The second kappa shape index (κ2) is 5.40. The Hall–Kier alpha value is -2.70. The molecule has 2 saturated heterocycles. The molecule has 130 valence electrons. The van der Waals surface area contributed by atoms with Gasteiger partial charge in [0, 0.05) is 30.6 Å². The zero-order chi connectivity index (χ0) is 17.8. The van der Waals surface area contributed by atoms with Crippen molar-refractivity contribution in [2.24, 2.45) is 5.41 Å². The van der Waals surface area contributed by atoms with Crippen molar-refractivity contribution in [2.75, 3.05) is 13.1 Å². The van der Waals surface area contributed by atoms with Gasteiger partial charge >= 0.3 is 0 Å². The molecule has 6 nitrogen and oxygen atoms in total. The van der Waals surface area contributed by atoms with E-state index in [-0.39, 0.29) is 42.9 Å². The first kappa shape index (κ1) is 15.8. The molecule has 2 N–H and O–H groups in total. The number of carbonyl (C=O) groups is 3. The molecular weight excluding hydrogens is 325 g/mol. The molecule has 1 spiro atoms. The second-order valence-corrected chi connectivity index (χ2v) is 6.97. The summed E-state index contributed by atoms with van der Waals surface area (Å²) in [5.41, 5.74) is 1.17. The summed E-state index contributed by atoms with van der Waals surface area (Å²) in [6, 6.07) is 4.79. The van der Waals surface area contributed by atoms with E-state index in [2.05, 4.69) is 10.3 Å². The van der Waals surface area contributed by atoms with Crippen molar-refractivity contribution in [1.82, 2.24) is 15.2 Å². The van der Waals surface area contributed by atoms with Gasteiger partial charge in [0.05, 0.1) is 17.4 Å². The van der Waals surface area contributed by atoms with E-state index >= 15 is 0 Å². The van der Waals surface area contributed by atoms with Crippen LogP contribution in [0.25, 0.3) is 10.9 Å². The van der Waals surface area contributed by atoms with Gasteiger partial charge in [-0.25, -0.2) is 4.39 Å². The number of hydrogen-bond acceptors (Lipinski definition) is 3. The average Bonchev–Trinajstić information content (AvgIpc) is 3.20. The standard InChI is InChI=1S/C18H18FN3O3/c1-10-12(11-3-2-4-13(19)16(11)20-10)7-15(24)22-6-5-18(9-22)8-14(23)21-17(18)25/h2-4,20H,5-9H2,1H3,(H,21,23,25). The Morgan fingerprint density at radius 1 is 1.36 bits per heavy atom. The fourth-order valence-corrected chi connectivity index (χ4v) is 3.96. The van der Waals surface area contributed by atoms with E-state index in [0.717, 1.165) is 11.3 Å². The fraction of sp³-hybridized carbons (Fsp3) is 0.389. The normalized spacial score (nSPS) is 23.0. The van der Waals surface area contributed by atoms with Crippen LogP contribution in [-0.4, -0.2) is 40.7 Å². The van der Waals surface area contributed by atoms with Crippen LogP contribution in [0.3, 0.4) is 0 Å². The van der Waals surface area contributed by atoms with Gasteiger partial charge < -0.3 is 9.88 Å². The van der Waals surface area contributed by atoms with Gasteiger partial charge in [-0.2, -0.15) is 0 Å². The lowest BCUT2D eigenvalue weighted by Gasteiger charge is -2.20. The number of aryl methyl sites for hydroxylation is 1. The Kier molecular flexibility index (Phi) is 3.42. The van der Waals surface area contributed by atoms with Crippen LogP contribution in [0.15, 0.2) is 18.2 Å². The van der Waals surface area contributed by atoms with E-state index in [4.69, 9.17) is 0 Å². The maximum atomic E-state index is 13.9. The Bertz CT molecular complexity index is 920. The lowest BCUT2D eigenvalue weighted by Crippen LogP contribution is -2.37. The third-order valence-electron chi connectivity index (χ3n) is 5.37. The van der Waals surface area contributed by atoms with Gasteiger partial charge in [-0.15, -0.1) is 0 Å². The number of imide groups is 1. The Balaban J connectivity index is 1.56. The van der Waals surface area contributed by atoms with Crippen molar-refractivity contribution in [3.8, 4) is 0 Å². The van der Waals surface area contributed by atoms with Gasteiger partial charge in [-0.05, 0) is 25.0 Å². The van der Waals surface area contributed by atoms with Crippen LogP contribution in [0.2, 0.25) is 0 Å². The molecule has 25 heavy (non-hydrogen) atoms. The monoisotopic (exact) mass is 343 g/mol. The maximum Gasteiger partial charge on any atom is 0.235 e. The number of aromatic nitrogens is 1. The van der Waals surface area contributed by atoms with Gasteiger partial charge in [0.25, 0.3) is 0 Å². The van der Waals surface area contributed by atoms with E-state index < -0.39 is 5.41 Å². The van der Waals surface area contributed by atoms with Crippen molar-refractivity contribution >= 4 is 28.6 Å². The number of aromatic amines is 1. The minimum absolute atomic E-state index is 0.114. The number of nitrogens with one attached hydrogen (secondary N) is 2. The molecule has 2 aliphatic heterocycles. The Morgan fingerprint density at radius 2 is 2.16 bits per heavy atom. The van der Waals surface area contributed by atoms with Crippen molar-refractivity contribution in [2.45, 2.75) is 26.2 Å². The summed E-state index contributed by atoms with van der Waals surface area (Å²) in [5.74, 6) is -1.02. The molecule has 7 heteroatoms. The first-order valence-corrected chi connectivity index (χ1v) is 8.27. The second-order valence-electron chi connectivity index (χ2n) is 6.97. The molecule has 2 aromatic rings. The SMILES string of the molecule is Cc1[nH]c2c(F)cccc2c1CC(=O)N1CCC2(CC(=O)NC2=O)C1. The molecule has 1 atom stereocenters. The number of likely N-dealkylation sites (tertiary alicyclic amines) is 1. The summed E-state index contributed by atoms with van der Waals surface area (Å²) in [4.78, 5) is 40.9. The van der Waals surface area contributed by atoms with Gasteiger partial charge in [-0.3, -0.25) is 19.7 Å². The zero-order valence-electron chi connectivity index (χ0n) is 13.8. The van der Waals surface area contributed by atoms with E-state index in [1.807, 2.05) is 6.92 Å². The minimum atomic E-state index is -0.770. The van der Waals surface area contributed by atoms with Gasteiger partial charge in [0.1, 0.15) is 5.82 Å². The van der Waals surface area contributed by atoms with Gasteiger partial charge in [-0.1, -0.05) is 12.1 Å². The quantitative estimate of drug-likeness (QED) is 0.809. The smallest absolute Gasteiger partial charge is 0.235 e. The lowest BCUT2D eigenvalue weighted by molar-refractivity contribution is -0.131. The largest absolute Gasteiger partial charge is 0.356 e. The molecule has 0 radical (unpaired) electrons. The van der Waals surface area contributed by atoms with Gasteiger partial charge in [0.2, 0.25) is 17.7 Å². The molecule has 4 rings (SSSR count). The number of benzene rings is 1. The number of rotatable bonds is 2. The van der Waals surface area contributed by atoms with Crippen LogP contribution < -0.4 is 5.32 Å². The zero-order valence-corrected chi connectivity index (χ0v) is 13.8. The van der Waals surface area contributed by atoms with Gasteiger partial charge in [0.15, 0.2) is 0 Å². The topological polar surface area (TPSA) is 82.3 Å². The molecule has 0 aliphatic carbocycles. The molecule has 2 fully saturated rings. The van der Waals surface area contributed by atoms with Crippen LogP contribution in [0.1, 0.15) is 24.1 Å². The number of H-pyrrole nitrogens is 1. The van der Waals surface area contributed by atoms with E-state index in [0.29, 0.717) is 23.9 Å². The highest BCUT2D eigenvalue weighted by Crippen LogP contribution is 2.38. The average molecular weight is 343 g/mol. The summed E-state index contributed by atoms with van der Waals surface area (Å²) >= 11 is 0. The molecule has 1 unspecified atom stereocenters. The fourth-order valence-electron chi connectivity index (χ4n) is 3.96. The number of hydrogen-bond donors (Lipinski definition) is 2. The van der Waals surface area contributed by atoms with Crippen molar-refractivity contribution < 1.29 is 18.8 Å². The summed E-state index contributed by atoms with van der Waals surface area (Å²) in [5, 5.41) is 3.03. The predicted molar refractivity (Wildman–Crippen MR) is 88.1 cm³/mol. The third-order valence-corrected chi connectivity index (χ3v) is 5.37. The van der Waals surface area contributed by atoms with Crippen LogP contribution >= 0.6 is 0 Å². The highest BCUT2D eigenvalue weighted by molar-refractivity contribution is 6.06. The highest BCUT2D eigenvalue weighted by Gasteiger charge is 2.51. The van der Waals surface area contributed by atoms with E-state index in [1.54, 1.807) is 17.0 Å². The number of carbonyl (C=O) groups excluding carboxylic acids is 3. The number of amides is 3. The molecule has 0 bridgehead atoms. The lowest BCUT2D eigenvalue weighted by atomic mass is 9.85. The molecule has 1 aromatic heterocycles. The molecule has 2 aliphatic rings. The number of nitrogens with zero attached hydrogens (tertiary/aromatic N) is 1.